The van der Waals surface area contributed by atoms with Crippen LogP contribution in [0.2, 0.25) is 0 Å². The second-order valence-electron chi connectivity index (χ2n) is 9.17. The normalized spacial score (nSPS) is 20.9. The molecule has 0 radical (unpaired) electrons. The number of carbonyl (C=O) groups excluding carboxylic acids is 3. The van der Waals surface area contributed by atoms with Gasteiger partial charge in [0.05, 0.1) is 36.2 Å². The molecule has 0 bridgehead atoms. The molecule has 8 nitrogen and oxygen atoms in total. The number of nitrogens with one attached hydrogen (secondary N) is 1. The van der Waals surface area contributed by atoms with Gasteiger partial charge in [-0.2, -0.15) is 0 Å². The van der Waals surface area contributed by atoms with E-state index in [1.807, 2.05) is 37.3 Å². The lowest BCUT2D eigenvalue weighted by Crippen LogP contribution is -2.55. The molecule has 5 rings (SSSR count). The van der Waals surface area contributed by atoms with Crippen molar-refractivity contribution < 1.29 is 23.9 Å². The highest BCUT2D eigenvalue weighted by atomic mass is 32.1. The van der Waals surface area contributed by atoms with Gasteiger partial charge in [-0.05, 0) is 43.7 Å². The van der Waals surface area contributed by atoms with E-state index in [4.69, 9.17) is 15.2 Å². The van der Waals surface area contributed by atoms with Crippen LogP contribution < -0.4 is 11.1 Å². The Hall–Kier alpha value is -3.98. The molecule has 3 unspecified atom stereocenters. The van der Waals surface area contributed by atoms with E-state index in [1.54, 1.807) is 20.8 Å². The topological polar surface area (TPSA) is 121 Å². The molecule has 2 aliphatic carbocycles. The first kappa shape index (κ1) is 27.1. The van der Waals surface area contributed by atoms with E-state index < -0.39 is 35.2 Å². The van der Waals surface area contributed by atoms with Gasteiger partial charge in [-0.25, -0.2) is 9.78 Å². The molecule has 2 aromatic rings. The van der Waals surface area contributed by atoms with Crippen LogP contribution >= 0.6 is 11.3 Å². The van der Waals surface area contributed by atoms with Gasteiger partial charge in [-0.3, -0.25) is 9.59 Å². The summed E-state index contributed by atoms with van der Waals surface area (Å²) in [5.74, 6) is -3.37. The smallest absolute Gasteiger partial charge is 0.336 e. The third-order valence-corrected chi connectivity index (χ3v) is 7.71. The van der Waals surface area contributed by atoms with Crippen molar-refractivity contribution in [2.24, 2.45) is 11.7 Å². The highest BCUT2D eigenvalue weighted by Gasteiger charge is 2.54. The summed E-state index contributed by atoms with van der Waals surface area (Å²) >= 11 is 1.17. The van der Waals surface area contributed by atoms with Crippen LogP contribution in [0, 0.1) is 16.4 Å². The Labute approximate surface area is 225 Å². The maximum atomic E-state index is 13.4. The quantitative estimate of drug-likeness (QED) is 0.343. The number of allylic oxidation sites excluding steroid dienone is 1. The third kappa shape index (κ3) is 5.06. The molecule has 198 valence electrons. The highest BCUT2D eigenvalue weighted by molar-refractivity contribution is 7.10. The summed E-state index contributed by atoms with van der Waals surface area (Å²) < 4.78 is 10.8. The van der Waals surface area contributed by atoms with E-state index in [2.05, 4.69) is 34.6 Å². The van der Waals surface area contributed by atoms with Crippen molar-refractivity contribution >= 4 is 29.2 Å². The van der Waals surface area contributed by atoms with Gasteiger partial charge in [0, 0.05) is 11.1 Å². The fourth-order valence-corrected chi connectivity index (χ4v) is 5.82. The molecule has 3 atom stereocenters. The van der Waals surface area contributed by atoms with Gasteiger partial charge in [-0.15, -0.1) is 11.3 Å². The van der Waals surface area contributed by atoms with E-state index in [1.165, 1.54) is 27.2 Å². The fraction of sp³-hybridized carbons (Fsp3) is 0.310. The number of ether oxygens (including phenoxy) is 2. The number of amides is 1. The van der Waals surface area contributed by atoms with Crippen molar-refractivity contribution in [1.82, 2.24) is 10.3 Å². The zero-order chi connectivity index (χ0) is 27.4. The molecule has 38 heavy (non-hydrogen) atoms. The summed E-state index contributed by atoms with van der Waals surface area (Å²) in [6.45, 7) is 7.45. The van der Waals surface area contributed by atoms with Crippen molar-refractivity contribution in [3.63, 3.8) is 0 Å². The predicted molar refractivity (Wildman–Crippen MR) is 144 cm³/mol. The third-order valence-electron chi connectivity index (χ3n) is 6.79. The summed E-state index contributed by atoms with van der Waals surface area (Å²) in [6.07, 6.45) is 0. The lowest BCUT2D eigenvalue weighted by molar-refractivity contribution is -0.152. The molecule has 3 N–H and O–H groups in total. The van der Waals surface area contributed by atoms with E-state index in [9.17, 15) is 14.4 Å². The number of nitrogens with two attached hydrogens (primary N) is 1. The number of thiazole rings is 1. The molecule has 0 saturated carbocycles. The van der Waals surface area contributed by atoms with Crippen molar-refractivity contribution in [3.8, 4) is 0 Å². The van der Waals surface area contributed by atoms with Crippen molar-refractivity contribution in [2.45, 2.75) is 39.2 Å². The largest absolute Gasteiger partial charge is 0.466 e. The molecule has 1 aromatic carbocycles. The SMILES string of the molecule is CCOC(=O)C1=C(C)NC(C)(c2ccccc2)C(C(=O)OCC)C1c1nc(C(N)=O)cs1.c1cc2ccc1=2. The summed E-state index contributed by atoms with van der Waals surface area (Å²) in [6, 6.07) is 18.0. The minimum atomic E-state index is -0.920. The van der Waals surface area contributed by atoms with Crippen molar-refractivity contribution in [1.29, 1.82) is 0 Å². The molecular formula is C29H31N3O5S. The monoisotopic (exact) mass is 533 g/mol. The predicted octanol–water partition coefficient (Wildman–Crippen LogP) is 4.15. The van der Waals surface area contributed by atoms with E-state index >= 15 is 0 Å². The molecule has 3 aliphatic rings. The molecule has 1 aliphatic heterocycles. The van der Waals surface area contributed by atoms with E-state index in [0.717, 1.165) is 5.56 Å². The van der Waals surface area contributed by atoms with Gasteiger partial charge in [0.1, 0.15) is 10.7 Å². The Kier molecular flexibility index (Phi) is 7.97. The molecule has 1 aromatic heterocycles. The standard InChI is InChI=1S/C23H27N3O5S.C6H4/c1-5-30-21(28)16-13(3)26-23(4,14-10-8-7-9-11-14)18(22(29)31-6-2)17(16)20-25-15(12-32-20)19(24)27;1-2-6-4-3-5(1)6/h7-12,17-18,26H,5-6H2,1-4H3,(H2,24,27);1-4H. The average molecular weight is 534 g/mol. The maximum Gasteiger partial charge on any atom is 0.336 e. The van der Waals surface area contributed by atoms with Gasteiger partial charge in [0.25, 0.3) is 5.91 Å². The number of aromatic nitrogens is 1. The van der Waals surface area contributed by atoms with Crippen LogP contribution in [0.1, 0.15) is 54.7 Å². The van der Waals surface area contributed by atoms with Crippen LogP contribution in [0.3, 0.4) is 0 Å². The number of esters is 2. The first-order valence-corrected chi connectivity index (χ1v) is 13.3. The minimum Gasteiger partial charge on any atom is -0.466 e. The molecule has 2 heterocycles. The number of carbonyl (C=O) groups is 3. The van der Waals surface area contributed by atoms with Crippen LogP contribution in [-0.2, 0) is 24.6 Å². The van der Waals surface area contributed by atoms with E-state index in [0.29, 0.717) is 10.7 Å². The molecule has 0 saturated heterocycles. The molecule has 0 spiro atoms. The average Bonchev–Trinajstić information content (AvgIpc) is 3.37. The first-order chi connectivity index (χ1) is 18.2. The first-order valence-electron chi connectivity index (χ1n) is 12.4. The molecular weight excluding hydrogens is 502 g/mol. The van der Waals surface area contributed by atoms with Gasteiger partial charge < -0.3 is 20.5 Å². The summed E-state index contributed by atoms with van der Waals surface area (Å²) in [4.78, 5) is 42.5. The lowest BCUT2D eigenvalue weighted by atomic mass is 9.67. The summed E-state index contributed by atoms with van der Waals surface area (Å²) in [5, 5.41) is 8.18. The summed E-state index contributed by atoms with van der Waals surface area (Å²) in [7, 11) is 0. The fourth-order valence-electron chi connectivity index (χ4n) is 4.87. The second kappa shape index (κ2) is 11.2. The number of hydrogen-bond acceptors (Lipinski definition) is 8. The van der Waals surface area contributed by atoms with Crippen molar-refractivity contribution in [3.05, 3.63) is 97.9 Å². The molecule has 9 heteroatoms. The van der Waals surface area contributed by atoms with Crippen molar-refractivity contribution in [2.75, 3.05) is 13.2 Å². The number of primary amides is 1. The van der Waals surface area contributed by atoms with E-state index in [-0.39, 0.29) is 24.5 Å². The lowest BCUT2D eigenvalue weighted by Gasteiger charge is -2.46. The molecule has 0 fully saturated rings. The Bertz CT molecular complexity index is 1430. The van der Waals surface area contributed by atoms with Gasteiger partial charge in [-0.1, -0.05) is 54.6 Å². The Morgan fingerprint density at radius 3 is 2.08 bits per heavy atom. The Balaban J connectivity index is 0.000000483. The van der Waals surface area contributed by atoms with Gasteiger partial charge in [0.2, 0.25) is 0 Å². The maximum absolute atomic E-state index is 13.4. The summed E-state index contributed by atoms with van der Waals surface area (Å²) in [5.41, 5.74) is 6.26. The van der Waals surface area contributed by atoms with Crippen LogP contribution in [-0.4, -0.2) is 36.0 Å². The number of nitrogens with zero attached hydrogens (tertiary/aromatic N) is 1. The van der Waals surface area contributed by atoms with Crippen LogP contribution in [0.5, 0.6) is 0 Å². The Morgan fingerprint density at radius 1 is 1.00 bits per heavy atom. The zero-order valence-electron chi connectivity index (χ0n) is 21.8. The number of benzene rings is 2. The highest BCUT2D eigenvalue weighted by Crippen LogP contribution is 2.49. The minimum absolute atomic E-state index is 0.0772. The van der Waals surface area contributed by atoms with Crippen LogP contribution in [0.15, 0.2) is 71.2 Å². The van der Waals surface area contributed by atoms with Crippen LogP contribution in [0.4, 0.5) is 0 Å². The van der Waals surface area contributed by atoms with Gasteiger partial charge in [0.15, 0.2) is 0 Å². The van der Waals surface area contributed by atoms with Crippen LogP contribution in [0.25, 0.3) is 0 Å². The Morgan fingerprint density at radius 2 is 1.61 bits per heavy atom. The number of hydrogen-bond donors (Lipinski definition) is 2. The zero-order valence-corrected chi connectivity index (χ0v) is 22.6. The van der Waals surface area contributed by atoms with Gasteiger partial charge >= 0.3 is 11.9 Å². The number of rotatable bonds is 7. The second-order valence-corrected chi connectivity index (χ2v) is 10.1. The molecule has 1 amide bonds.